The van der Waals surface area contributed by atoms with Crippen molar-refractivity contribution in [3.63, 3.8) is 0 Å². The van der Waals surface area contributed by atoms with Crippen molar-refractivity contribution in [3.05, 3.63) is 0 Å². The van der Waals surface area contributed by atoms with Crippen molar-refractivity contribution >= 4 is 11.9 Å². The molecule has 0 aromatic heterocycles. The van der Waals surface area contributed by atoms with Crippen molar-refractivity contribution in [2.75, 3.05) is 13.1 Å². The lowest BCUT2D eigenvalue weighted by Gasteiger charge is -2.41. The molecule has 0 aromatic carbocycles. The van der Waals surface area contributed by atoms with Crippen LogP contribution in [0, 0.1) is 0 Å². The number of carbonyl (C=O) groups excluding carboxylic acids is 1. The second-order valence-corrected chi connectivity index (χ2v) is 4.66. The molecular weight excluding hydrogens is 192 g/mol. The van der Waals surface area contributed by atoms with Gasteiger partial charge in [0.25, 0.3) is 0 Å². The van der Waals surface area contributed by atoms with Crippen LogP contribution in [0.4, 0.5) is 4.79 Å². The number of nitrogens with one attached hydrogen (secondary N) is 1. The highest BCUT2D eigenvalue weighted by Crippen LogP contribution is 2.40. The van der Waals surface area contributed by atoms with Gasteiger partial charge in [-0.1, -0.05) is 0 Å². The maximum atomic E-state index is 11.8. The highest BCUT2D eigenvalue weighted by molar-refractivity contribution is 6.06. The van der Waals surface area contributed by atoms with E-state index in [0.29, 0.717) is 11.9 Å². The number of nitrogens with zero attached hydrogens (tertiary/aromatic N) is 2. The predicted octanol–water partition coefficient (Wildman–Crippen LogP) is 0.0638. The van der Waals surface area contributed by atoms with E-state index in [2.05, 4.69) is 10.3 Å². The first-order chi connectivity index (χ1) is 7.24. The van der Waals surface area contributed by atoms with E-state index in [-0.39, 0.29) is 11.6 Å². The highest BCUT2D eigenvalue weighted by Gasteiger charge is 2.53. The normalized spacial score (nSPS) is 29.7. The third-order valence-corrected chi connectivity index (χ3v) is 3.70. The van der Waals surface area contributed by atoms with Crippen LogP contribution in [-0.4, -0.2) is 41.4 Å². The summed E-state index contributed by atoms with van der Waals surface area (Å²) in [5.74, 6) is 0.543. The lowest BCUT2D eigenvalue weighted by molar-refractivity contribution is 0.142. The molecular formula is C10H16N4O. The van der Waals surface area contributed by atoms with Gasteiger partial charge >= 0.3 is 6.03 Å². The molecule has 5 heteroatoms. The fourth-order valence-corrected chi connectivity index (χ4v) is 2.74. The van der Waals surface area contributed by atoms with Gasteiger partial charge < -0.3 is 16.0 Å². The van der Waals surface area contributed by atoms with Crippen molar-refractivity contribution in [2.45, 2.75) is 37.3 Å². The molecule has 3 rings (SSSR count). The smallest absolute Gasteiger partial charge is 0.346 e. The average molecular weight is 208 g/mol. The van der Waals surface area contributed by atoms with Gasteiger partial charge in [-0.15, -0.1) is 0 Å². The summed E-state index contributed by atoms with van der Waals surface area (Å²) in [5.41, 5.74) is 5.70. The molecule has 0 aromatic rings. The van der Waals surface area contributed by atoms with Gasteiger partial charge in [-0.25, -0.2) is 4.79 Å². The minimum Gasteiger partial charge on any atom is -0.385 e. The molecule has 0 radical (unpaired) electrons. The quantitative estimate of drug-likeness (QED) is 0.640. The predicted molar refractivity (Wildman–Crippen MR) is 56.7 cm³/mol. The fourth-order valence-electron chi connectivity index (χ4n) is 2.74. The number of hydrogen-bond donors (Lipinski definition) is 2. The summed E-state index contributed by atoms with van der Waals surface area (Å²) in [4.78, 5) is 17.7. The molecule has 0 bridgehead atoms. The van der Waals surface area contributed by atoms with E-state index in [4.69, 9.17) is 5.73 Å². The monoisotopic (exact) mass is 208 g/mol. The topological polar surface area (TPSA) is 70.7 Å². The molecule has 82 valence electrons. The maximum absolute atomic E-state index is 11.8. The van der Waals surface area contributed by atoms with Crippen LogP contribution in [0.2, 0.25) is 0 Å². The molecule has 5 nitrogen and oxygen atoms in total. The SMILES string of the molecule is NC1=NC(=O)N(C2CC2)C12CCNCC2. The number of carbonyl (C=O) groups is 1. The number of amidine groups is 1. The molecule has 1 aliphatic carbocycles. The van der Waals surface area contributed by atoms with Crippen molar-refractivity contribution in [1.82, 2.24) is 10.2 Å². The Morgan fingerprint density at radius 2 is 2.07 bits per heavy atom. The molecule has 0 unspecified atom stereocenters. The van der Waals surface area contributed by atoms with Crippen LogP contribution < -0.4 is 11.1 Å². The van der Waals surface area contributed by atoms with Gasteiger partial charge in [-0.2, -0.15) is 4.99 Å². The first-order valence-electron chi connectivity index (χ1n) is 5.63. The van der Waals surface area contributed by atoms with Gasteiger partial charge in [0.15, 0.2) is 0 Å². The Morgan fingerprint density at radius 1 is 1.40 bits per heavy atom. The lowest BCUT2D eigenvalue weighted by atomic mass is 9.86. The van der Waals surface area contributed by atoms with Crippen LogP contribution in [-0.2, 0) is 0 Å². The molecule has 3 N–H and O–H groups in total. The summed E-state index contributed by atoms with van der Waals surface area (Å²) < 4.78 is 0. The van der Waals surface area contributed by atoms with E-state index < -0.39 is 0 Å². The number of aliphatic imine (C=N–C) groups is 1. The Bertz CT molecular complexity index is 328. The van der Waals surface area contributed by atoms with Gasteiger partial charge in [-0.05, 0) is 38.8 Å². The van der Waals surface area contributed by atoms with E-state index in [1.807, 2.05) is 4.90 Å². The van der Waals surface area contributed by atoms with Gasteiger partial charge in [0, 0.05) is 6.04 Å². The molecule has 1 saturated carbocycles. The van der Waals surface area contributed by atoms with Crippen LogP contribution in [0.25, 0.3) is 0 Å². The number of hydrogen-bond acceptors (Lipinski definition) is 3. The molecule has 1 saturated heterocycles. The zero-order valence-corrected chi connectivity index (χ0v) is 8.70. The van der Waals surface area contributed by atoms with E-state index in [0.717, 1.165) is 38.8 Å². The second kappa shape index (κ2) is 2.95. The van der Waals surface area contributed by atoms with E-state index in [9.17, 15) is 4.79 Å². The third kappa shape index (κ3) is 1.19. The Morgan fingerprint density at radius 3 is 2.67 bits per heavy atom. The largest absolute Gasteiger partial charge is 0.385 e. The highest BCUT2D eigenvalue weighted by atomic mass is 16.2. The molecule has 1 spiro atoms. The zero-order valence-electron chi connectivity index (χ0n) is 8.70. The fraction of sp³-hybridized carbons (Fsp3) is 0.800. The third-order valence-electron chi connectivity index (χ3n) is 3.70. The maximum Gasteiger partial charge on any atom is 0.346 e. The zero-order chi connectivity index (χ0) is 10.5. The summed E-state index contributed by atoms with van der Waals surface area (Å²) in [6.45, 7) is 1.85. The summed E-state index contributed by atoms with van der Waals surface area (Å²) in [6.07, 6.45) is 4.04. The number of amides is 2. The van der Waals surface area contributed by atoms with Crippen molar-refractivity contribution < 1.29 is 4.79 Å². The molecule has 2 amide bonds. The Labute approximate surface area is 88.7 Å². The van der Waals surface area contributed by atoms with Gasteiger partial charge in [0.1, 0.15) is 11.4 Å². The van der Waals surface area contributed by atoms with E-state index in [1.54, 1.807) is 0 Å². The lowest BCUT2D eigenvalue weighted by Crippen LogP contribution is -2.59. The number of rotatable bonds is 1. The molecule has 0 atom stereocenters. The van der Waals surface area contributed by atoms with E-state index >= 15 is 0 Å². The standard InChI is InChI=1S/C10H16N4O/c11-8-10(3-5-12-6-4-10)14(7-1-2-7)9(15)13-8/h7,12H,1-6H2,(H2,11,13,15). The van der Waals surface area contributed by atoms with Crippen LogP contribution in [0.5, 0.6) is 0 Å². The Kier molecular flexibility index (Phi) is 1.80. The molecule has 2 heterocycles. The first-order valence-corrected chi connectivity index (χ1v) is 5.63. The molecule has 2 aliphatic heterocycles. The number of piperidine rings is 1. The van der Waals surface area contributed by atoms with Crippen LogP contribution in [0.1, 0.15) is 25.7 Å². The van der Waals surface area contributed by atoms with Gasteiger partial charge in [0.05, 0.1) is 0 Å². The van der Waals surface area contributed by atoms with Crippen molar-refractivity contribution in [3.8, 4) is 0 Å². The Balaban J connectivity index is 1.95. The minimum absolute atomic E-state index is 0.114. The number of nitrogens with two attached hydrogens (primary N) is 1. The summed E-state index contributed by atoms with van der Waals surface area (Å²) in [7, 11) is 0. The molecule has 15 heavy (non-hydrogen) atoms. The van der Waals surface area contributed by atoms with Crippen LogP contribution >= 0.6 is 0 Å². The summed E-state index contributed by atoms with van der Waals surface area (Å²) >= 11 is 0. The number of urea groups is 1. The van der Waals surface area contributed by atoms with Crippen LogP contribution in [0.3, 0.4) is 0 Å². The average Bonchev–Trinajstić information content (AvgIpc) is 3.00. The second-order valence-electron chi connectivity index (χ2n) is 4.66. The summed E-state index contributed by atoms with van der Waals surface area (Å²) in [5, 5.41) is 3.30. The van der Waals surface area contributed by atoms with Gasteiger partial charge in [-0.3, -0.25) is 0 Å². The van der Waals surface area contributed by atoms with E-state index in [1.165, 1.54) is 0 Å². The van der Waals surface area contributed by atoms with Gasteiger partial charge in [0.2, 0.25) is 0 Å². The molecule has 2 fully saturated rings. The first kappa shape index (κ1) is 9.15. The Hall–Kier alpha value is -1.10. The van der Waals surface area contributed by atoms with Crippen molar-refractivity contribution in [2.24, 2.45) is 10.7 Å². The summed E-state index contributed by atoms with van der Waals surface area (Å²) in [6, 6.07) is 0.289. The van der Waals surface area contributed by atoms with Crippen molar-refractivity contribution in [1.29, 1.82) is 0 Å². The minimum atomic E-state index is -0.247. The molecule has 3 aliphatic rings. The van der Waals surface area contributed by atoms with Crippen LogP contribution in [0.15, 0.2) is 4.99 Å².